The minimum absolute atomic E-state index is 0. The Kier molecular flexibility index (Phi) is 7.92. The van der Waals surface area contributed by atoms with Crippen LogP contribution in [0.1, 0.15) is 56.6 Å². The first-order valence-electron chi connectivity index (χ1n) is 9.52. The van der Waals surface area contributed by atoms with Gasteiger partial charge in [-0.1, -0.05) is 6.42 Å². The number of hydrogen-bond acceptors (Lipinski definition) is 5. The third-order valence-corrected chi connectivity index (χ3v) is 5.62. The number of anilines is 1. The summed E-state index contributed by atoms with van der Waals surface area (Å²) in [5.41, 5.74) is 3.66. The molecule has 2 aliphatic rings. The number of piperidine rings is 1. The zero-order valence-electron chi connectivity index (χ0n) is 15.5. The molecule has 2 aromatic heterocycles. The second kappa shape index (κ2) is 9.72. The summed E-state index contributed by atoms with van der Waals surface area (Å²) in [5.74, 6) is 1.05. The van der Waals surface area contributed by atoms with Gasteiger partial charge in [0.15, 0.2) is 11.5 Å². The molecule has 0 radical (unpaired) electrons. The Morgan fingerprint density at radius 3 is 2.73 bits per heavy atom. The van der Waals surface area contributed by atoms with Crippen molar-refractivity contribution >= 4 is 36.3 Å². The van der Waals surface area contributed by atoms with Gasteiger partial charge in [-0.15, -0.1) is 40.1 Å². The van der Waals surface area contributed by atoms with Crippen LogP contribution < -0.4 is 5.32 Å². The average Bonchev–Trinajstić information content (AvgIpc) is 3.09. The lowest BCUT2D eigenvalue weighted by molar-refractivity contribution is 0.160. The molecule has 0 amide bonds. The molecule has 146 valence electrons. The van der Waals surface area contributed by atoms with Gasteiger partial charge in [-0.3, -0.25) is 0 Å². The highest BCUT2D eigenvalue weighted by Crippen LogP contribution is 2.28. The van der Waals surface area contributed by atoms with Crippen LogP contribution in [0.4, 0.5) is 5.82 Å². The van der Waals surface area contributed by atoms with Crippen LogP contribution in [0.25, 0.3) is 5.65 Å². The first-order valence-corrected chi connectivity index (χ1v) is 9.52. The van der Waals surface area contributed by atoms with Crippen molar-refractivity contribution in [1.82, 2.24) is 24.7 Å². The van der Waals surface area contributed by atoms with E-state index in [1.165, 1.54) is 62.7 Å². The third-order valence-electron chi connectivity index (χ3n) is 5.62. The molecular weight excluding hydrogens is 371 g/mol. The topological polar surface area (TPSA) is 58.4 Å². The minimum Gasteiger partial charge on any atom is -0.368 e. The number of halogens is 2. The highest BCUT2D eigenvalue weighted by Gasteiger charge is 2.20. The van der Waals surface area contributed by atoms with E-state index in [0.717, 1.165) is 36.9 Å². The summed E-state index contributed by atoms with van der Waals surface area (Å²) in [6.45, 7) is 5.80. The second-order valence-electron chi connectivity index (χ2n) is 7.27. The summed E-state index contributed by atoms with van der Waals surface area (Å²) in [6.07, 6.45) is 11.7. The number of fused-ring (bicyclic) bond motifs is 3. The summed E-state index contributed by atoms with van der Waals surface area (Å²) in [4.78, 5) is 2.64. The minimum atomic E-state index is 0. The molecule has 1 atom stereocenters. The van der Waals surface area contributed by atoms with Crippen LogP contribution in [0.5, 0.6) is 0 Å². The Morgan fingerprint density at radius 1 is 1.12 bits per heavy atom. The highest BCUT2D eigenvalue weighted by atomic mass is 35.5. The van der Waals surface area contributed by atoms with Crippen LogP contribution in [-0.2, 0) is 12.8 Å². The molecule has 8 heteroatoms. The molecular formula is C18H30Cl2N6. The number of hydrogen-bond donors (Lipinski definition) is 1. The second-order valence-corrected chi connectivity index (χ2v) is 7.27. The van der Waals surface area contributed by atoms with Crippen LogP contribution >= 0.6 is 24.8 Å². The molecule has 0 aromatic carbocycles. The van der Waals surface area contributed by atoms with Crippen molar-refractivity contribution in [3.63, 3.8) is 0 Å². The van der Waals surface area contributed by atoms with Crippen molar-refractivity contribution in [2.24, 2.45) is 0 Å². The lowest BCUT2D eigenvalue weighted by Crippen LogP contribution is -2.38. The number of likely N-dealkylation sites (tertiary alicyclic amines) is 1. The van der Waals surface area contributed by atoms with E-state index in [2.05, 4.69) is 27.3 Å². The lowest BCUT2D eigenvalue weighted by Gasteiger charge is -2.33. The van der Waals surface area contributed by atoms with Gasteiger partial charge in [0.25, 0.3) is 0 Å². The summed E-state index contributed by atoms with van der Waals surface area (Å²) in [7, 11) is 0. The molecule has 1 N–H and O–H groups in total. The molecule has 0 saturated carbocycles. The summed E-state index contributed by atoms with van der Waals surface area (Å²) in [5, 5.41) is 16.6. The average molecular weight is 401 g/mol. The highest BCUT2D eigenvalue weighted by molar-refractivity contribution is 5.85. The van der Waals surface area contributed by atoms with E-state index in [-0.39, 0.29) is 24.8 Å². The molecule has 1 saturated heterocycles. The number of rotatable bonds is 5. The van der Waals surface area contributed by atoms with Gasteiger partial charge in [-0.2, -0.15) is 4.52 Å². The van der Waals surface area contributed by atoms with Gasteiger partial charge in [-0.25, -0.2) is 0 Å². The SMILES string of the molecule is CC1CCCCN1CCCNc1nn2cnnc2c2c1CCCC2.Cl.Cl. The monoisotopic (exact) mass is 400 g/mol. The van der Waals surface area contributed by atoms with Gasteiger partial charge in [0.05, 0.1) is 0 Å². The maximum Gasteiger partial charge on any atom is 0.181 e. The number of nitrogens with one attached hydrogen (secondary N) is 1. The largest absolute Gasteiger partial charge is 0.368 e. The molecule has 26 heavy (non-hydrogen) atoms. The van der Waals surface area contributed by atoms with Crippen LogP contribution in [0.15, 0.2) is 6.33 Å². The van der Waals surface area contributed by atoms with Gasteiger partial charge >= 0.3 is 0 Å². The van der Waals surface area contributed by atoms with E-state index in [4.69, 9.17) is 5.10 Å². The molecule has 1 unspecified atom stereocenters. The maximum atomic E-state index is 4.71. The van der Waals surface area contributed by atoms with Crippen LogP contribution in [0.3, 0.4) is 0 Å². The summed E-state index contributed by atoms with van der Waals surface area (Å²) in [6, 6.07) is 0.748. The smallest absolute Gasteiger partial charge is 0.181 e. The van der Waals surface area contributed by atoms with Crippen molar-refractivity contribution in [3.8, 4) is 0 Å². The quantitative estimate of drug-likeness (QED) is 0.777. The molecule has 3 heterocycles. The van der Waals surface area contributed by atoms with Crippen molar-refractivity contribution in [3.05, 3.63) is 17.5 Å². The van der Waals surface area contributed by atoms with Gasteiger partial charge in [0.2, 0.25) is 0 Å². The Balaban J connectivity index is 0.00000121. The zero-order chi connectivity index (χ0) is 16.4. The fourth-order valence-electron chi connectivity index (χ4n) is 4.20. The van der Waals surface area contributed by atoms with E-state index < -0.39 is 0 Å². The van der Waals surface area contributed by atoms with Crippen LogP contribution in [-0.4, -0.2) is 50.4 Å². The number of aromatic nitrogens is 4. The number of aryl methyl sites for hydroxylation is 1. The first-order chi connectivity index (χ1) is 11.8. The van der Waals surface area contributed by atoms with E-state index in [1.807, 2.05) is 4.52 Å². The predicted molar refractivity (Wildman–Crippen MR) is 110 cm³/mol. The van der Waals surface area contributed by atoms with E-state index >= 15 is 0 Å². The molecule has 4 rings (SSSR count). The van der Waals surface area contributed by atoms with Gasteiger partial charge in [0.1, 0.15) is 6.33 Å². The van der Waals surface area contributed by atoms with Crippen LogP contribution in [0.2, 0.25) is 0 Å². The first kappa shape index (κ1) is 21.2. The molecule has 0 bridgehead atoms. The zero-order valence-corrected chi connectivity index (χ0v) is 17.1. The molecule has 6 nitrogen and oxygen atoms in total. The lowest BCUT2D eigenvalue weighted by atomic mass is 9.93. The Hall–Kier alpha value is -1.11. The van der Waals surface area contributed by atoms with Crippen molar-refractivity contribution < 1.29 is 0 Å². The van der Waals surface area contributed by atoms with E-state index in [9.17, 15) is 0 Å². The normalized spacial score (nSPS) is 20.1. The summed E-state index contributed by atoms with van der Waals surface area (Å²) < 4.78 is 1.83. The van der Waals surface area contributed by atoms with Crippen molar-refractivity contribution in [2.75, 3.05) is 25.0 Å². The Labute approximate surface area is 167 Å². The molecule has 0 spiro atoms. The predicted octanol–water partition coefficient (Wildman–Crippen LogP) is 3.52. The summed E-state index contributed by atoms with van der Waals surface area (Å²) >= 11 is 0. The molecule has 2 aromatic rings. The maximum absolute atomic E-state index is 4.71. The van der Waals surface area contributed by atoms with E-state index in [0.29, 0.717) is 0 Å². The number of nitrogens with zero attached hydrogens (tertiary/aromatic N) is 5. The Morgan fingerprint density at radius 2 is 1.92 bits per heavy atom. The molecule has 1 aliphatic carbocycles. The third kappa shape index (κ3) is 4.41. The molecule has 1 aliphatic heterocycles. The van der Waals surface area contributed by atoms with Crippen LogP contribution in [0, 0.1) is 0 Å². The van der Waals surface area contributed by atoms with E-state index in [1.54, 1.807) is 6.33 Å². The van der Waals surface area contributed by atoms with Crippen molar-refractivity contribution in [2.45, 2.75) is 64.3 Å². The molecule has 1 fully saturated rings. The fraction of sp³-hybridized carbons (Fsp3) is 0.722. The Bertz CT molecular complexity index is 704. The van der Waals surface area contributed by atoms with Crippen molar-refractivity contribution in [1.29, 1.82) is 0 Å². The van der Waals surface area contributed by atoms with Gasteiger partial charge in [0, 0.05) is 30.3 Å². The van der Waals surface area contributed by atoms with Gasteiger partial charge in [-0.05, 0) is 58.4 Å². The fourth-order valence-corrected chi connectivity index (χ4v) is 4.20. The van der Waals surface area contributed by atoms with Gasteiger partial charge < -0.3 is 10.2 Å². The standard InChI is InChI=1S/C18H28N6.2ClH/c1-14-7-4-5-11-23(14)12-6-10-19-17-15-8-2-3-9-16(15)18-21-20-13-24(18)22-17;;/h13-14H,2-12H2,1H3,(H,19,22);2*1H.